The number of nitrogens with zero attached hydrogens (tertiary/aromatic N) is 5. The van der Waals surface area contributed by atoms with Gasteiger partial charge < -0.3 is 10.4 Å². The van der Waals surface area contributed by atoms with Crippen LogP contribution in [-0.2, 0) is 0 Å². The van der Waals surface area contributed by atoms with Gasteiger partial charge in [0.15, 0.2) is 6.29 Å². The van der Waals surface area contributed by atoms with Gasteiger partial charge in [-0.25, -0.2) is 15.9 Å². The van der Waals surface area contributed by atoms with Gasteiger partial charge in [-0.1, -0.05) is 55.4 Å². The van der Waals surface area contributed by atoms with Gasteiger partial charge in [-0.15, -0.1) is 35.9 Å². The number of oxime groups is 1. The van der Waals surface area contributed by atoms with Crippen LogP contribution < -0.4 is 5.90 Å². The van der Waals surface area contributed by atoms with Crippen molar-refractivity contribution in [2.75, 3.05) is 11.5 Å². The van der Waals surface area contributed by atoms with Crippen LogP contribution in [0.25, 0.3) is 43.6 Å². The molecule has 4 aromatic heterocycles. The second-order valence-corrected chi connectivity index (χ2v) is 11.5. The van der Waals surface area contributed by atoms with Crippen LogP contribution in [0.4, 0.5) is 0 Å². The van der Waals surface area contributed by atoms with E-state index in [1.54, 1.807) is 35.9 Å². The molecule has 12 heteroatoms. The lowest BCUT2D eigenvalue weighted by molar-refractivity contribution is 0.111. The minimum absolute atomic E-state index is 0. The molecular formula is C32H33ClN6O3S2. The van der Waals surface area contributed by atoms with E-state index < -0.39 is 0 Å². The minimum Gasteiger partial charge on any atom is -0.411 e. The minimum atomic E-state index is 0. The van der Waals surface area contributed by atoms with Crippen molar-refractivity contribution in [2.24, 2.45) is 11.1 Å². The summed E-state index contributed by atoms with van der Waals surface area (Å²) in [5.41, 5.74) is 4.50. The lowest BCUT2D eigenvalue weighted by Gasteiger charge is -2.09. The van der Waals surface area contributed by atoms with Crippen molar-refractivity contribution in [2.45, 2.75) is 36.5 Å². The quantitative estimate of drug-likeness (QED) is 0.0371. The lowest BCUT2D eigenvalue weighted by atomic mass is 10.1. The van der Waals surface area contributed by atoms with E-state index in [-0.39, 0.29) is 12.4 Å². The molecule has 0 unspecified atom stereocenters. The normalized spacial score (nSPS) is 10.7. The zero-order valence-corrected chi connectivity index (χ0v) is 26.7. The van der Waals surface area contributed by atoms with E-state index in [1.165, 1.54) is 6.21 Å². The summed E-state index contributed by atoms with van der Waals surface area (Å²) in [6.07, 6.45) is 7.89. The predicted octanol–water partition coefficient (Wildman–Crippen LogP) is 7.95. The molecule has 4 heterocycles. The Hall–Kier alpha value is -3.87. The number of hydrogen-bond acceptors (Lipinski definition) is 11. The van der Waals surface area contributed by atoms with Crippen LogP contribution in [0.3, 0.4) is 0 Å². The summed E-state index contributed by atoms with van der Waals surface area (Å²) in [4.78, 5) is 31.3. The van der Waals surface area contributed by atoms with Crippen molar-refractivity contribution in [3.63, 3.8) is 0 Å². The number of fused-ring (bicyclic) bond motifs is 6. The SMILES string of the molecule is CCCSc1cc(/C=N/O)nc2c1ccc1cccnc12.CCCSc1cc(C=O)nc2c1ccc1cccnc12.Cl.NO. The molecule has 0 saturated carbocycles. The fraction of sp³-hybridized carbons (Fsp3) is 0.188. The van der Waals surface area contributed by atoms with Crippen molar-refractivity contribution < 1.29 is 15.2 Å². The second kappa shape index (κ2) is 17.4. The number of pyridine rings is 4. The average Bonchev–Trinajstić information content (AvgIpc) is 3.07. The highest BCUT2D eigenvalue weighted by Crippen LogP contribution is 2.33. The highest BCUT2D eigenvalue weighted by molar-refractivity contribution is 7.99. The first kappa shape index (κ1) is 34.6. The van der Waals surface area contributed by atoms with Gasteiger partial charge >= 0.3 is 0 Å². The number of carbonyl (C=O) groups is 1. The lowest BCUT2D eigenvalue weighted by Crippen LogP contribution is -1.94. The van der Waals surface area contributed by atoms with E-state index in [2.05, 4.69) is 69.1 Å². The van der Waals surface area contributed by atoms with Gasteiger partial charge in [-0.2, -0.15) is 0 Å². The van der Waals surface area contributed by atoms with Crippen LogP contribution in [0, 0.1) is 0 Å². The smallest absolute Gasteiger partial charge is 0.168 e. The molecule has 0 saturated heterocycles. The standard InChI is InChI=1S/C16H15N3OS.C16H14N2OS.ClH.H3NO/c1-2-8-21-14-9-12(10-18-20)19-16-13(14)6-5-11-4-3-7-17-15(11)16;1-2-8-20-14-9-12(10-19)18-16-13(14)6-5-11-4-3-7-17-15(11)16;;1-2/h3-7,9-10,20H,2,8H2,1H3;3-7,9-10H,2,8H2,1H3;1H;2H,1H2/b18-10+;;;. The van der Waals surface area contributed by atoms with Crippen LogP contribution in [0.2, 0.25) is 0 Å². The number of halogens is 1. The van der Waals surface area contributed by atoms with Gasteiger partial charge in [0.05, 0.1) is 34.0 Å². The van der Waals surface area contributed by atoms with E-state index in [0.717, 1.165) is 84.0 Å². The molecule has 9 nitrogen and oxygen atoms in total. The second-order valence-electron chi connectivity index (χ2n) is 9.22. The van der Waals surface area contributed by atoms with Crippen LogP contribution in [0.15, 0.2) is 88.0 Å². The molecule has 0 spiro atoms. The molecule has 6 rings (SSSR count). The molecule has 0 aliphatic carbocycles. The van der Waals surface area contributed by atoms with Crippen molar-refractivity contribution in [3.8, 4) is 0 Å². The molecule has 4 N–H and O–H groups in total. The Morgan fingerprint density at radius 2 is 1.23 bits per heavy atom. The Bertz CT molecular complexity index is 1890. The number of aromatic nitrogens is 4. The molecule has 6 aromatic rings. The summed E-state index contributed by atoms with van der Waals surface area (Å²) in [6, 6.07) is 20.0. The molecule has 0 amide bonds. The summed E-state index contributed by atoms with van der Waals surface area (Å²) in [6.45, 7) is 4.30. The van der Waals surface area contributed by atoms with Gasteiger partial charge in [0, 0.05) is 43.7 Å². The van der Waals surface area contributed by atoms with Crippen LogP contribution in [0.5, 0.6) is 0 Å². The zero-order valence-electron chi connectivity index (χ0n) is 24.3. The number of aldehydes is 1. The summed E-state index contributed by atoms with van der Waals surface area (Å²) in [5.74, 6) is 5.56. The maximum Gasteiger partial charge on any atom is 0.168 e. The van der Waals surface area contributed by atoms with E-state index in [1.807, 2.05) is 36.4 Å². The number of nitrogens with two attached hydrogens (primary N) is 1. The highest BCUT2D eigenvalue weighted by Gasteiger charge is 2.11. The van der Waals surface area contributed by atoms with Crippen LogP contribution in [0.1, 0.15) is 42.9 Å². The van der Waals surface area contributed by atoms with Gasteiger partial charge in [-0.05, 0) is 48.6 Å². The molecule has 0 aliphatic rings. The van der Waals surface area contributed by atoms with E-state index in [0.29, 0.717) is 11.4 Å². The largest absolute Gasteiger partial charge is 0.411 e. The highest BCUT2D eigenvalue weighted by atomic mass is 35.5. The molecule has 44 heavy (non-hydrogen) atoms. The summed E-state index contributed by atoms with van der Waals surface area (Å²) in [5, 5.41) is 22.6. The fourth-order valence-electron chi connectivity index (χ4n) is 4.48. The van der Waals surface area contributed by atoms with Gasteiger partial charge in [-0.3, -0.25) is 14.8 Å². The molecular weight excluding hydrogens is 616 g/mol. The number of rotatable bonds is 8. The van der Waals surface area contributed by atoms with Crippen molar-refractivity contribution in [3.05, 3.63) is 84.4 Å². The Kier molecular flexibility index (Phi) is 13.7. The maximum atomic E-state index is 11.1. The average molecular weight is 649 g/mol. The van der Waals surface area contributed by atoms with Crippen molar-refractivity contribution in [1.82, 2.24) is 19.9 Å². The molecule has 0 bridgehead atoms. The summed E-state index contributed by atoms with van der Waals surface area (Å²) < 4.78 is 0. The Labute approximate surface area is 269 Å². The van der Waals surface area contributed by atoms with Gasteiger partial charge in [0.1, 0.15) is 5.69 Å². The van der Waals surface area contributed by atoms with Crippen LogP contribution >= 0.6 is 35.9 Å². The predicted molar refractivity (Wildman–Crippen MR) is 184 cm³/mol. The fourth-order valence-corrected chi connectivity index (χ4v) is 6.38. The summed E-state index contributed by atoms with van der Waals surface area (Å²) >= 11 is 3.55. The van der Waals surface area contributed by atoms with Crippen molar-refractivity contribution >= 4 is 92.0 Å². The third-order valence-electron chi connectivity index (χ3n) is 6.30. The molecule has 0 fully saturated rings. The number of carbonyl (C=O) groups excluding carboxylic acids is 1. The van der Waals surface area contributed by atoms with E-state index >= 15 is 0 Å². The third kappa shape index (κ3) is 7.99. The zero-order chi connectivity index (χ0) is 30.6. The Balaban J connectivity index is 0.000000223. The Morgan fingerprint density at radius 3 is 1.68 bits per heavy atom. The maximum absolute atomic E-state index is 11.1. The molecule has 0 radical (unpaired) electrons. The molecule has 0 aliphatic heterocycles. The number of hydrogen-bond donors (Lipinski definition) is 3. The molecule has 0 atom stereocenters. The first-order valence-electron chi connectivity index (χ1n) is 13.7. The number of thioether (sulfide) groups is 2. The topological polar surface area (TPSA) is 147 Å². The Morgan fingerprint density at radius 1 is 0.750 bits per heavy atom. The van der Waals surface area contributed by atoms with E-state index in [9.17, 15) is 4.79 Å². The number of benzene rings is 2. The van der Waals surface area contributed by atoms with Gasteiger partial charge in [0.2, 0.25) is 0 Å². The first-order valence-corrected chi connectivity index (χ1v) is 15.6. The molecule has 228 valence electrons. The molecule has 2 aromatic carbocycles. The van der Waals surface area contributed by atoms with Crippen LogP contribution in [-0.4, -0.2) is 54.4 Å². The monoisotopic (exact) mass is 648 g/mol. The first-order chi connectivity index (χ1) is 21.2. The van der Waals surface area contributed by atoms with E-state index in [4.69, 9.17) is 10.4 Å². The third-order valence-corrected chi connectivity index (χ3v) is 8.82. The van der Waals surface area contributed by atoms with Gasteiger partial charge in [0.25, 0.3) is 0 Å². The summed E-state index contributed by atoms with van der Waals surface area (Å²) in [7, 11) is 0. The van der Waals surface area contributed by atoms with Crippen molar-refractivity contribution in [1.29, 1.82) is 0 Å².